The molecule has 0 saturated heterocycles. The average Bonchev–Trinajstić information content (AvgIpc) is 2.70. The maximum Gasteiger partial charge on any atom is 0.273 e. The predicted octanol–water partition coefficient (Wildman–Crippen LogP) is 2.64. The average molecular weight is 262 g/mol. The first-order valence-corrected chi connectivity index (χ1v) is 5.83. The van der Waals surface area contributed by atoms with Crippen molar-refractivity contribution in [3.05, 3.63) is 53.1 Å². The van der Waals surface area contributed by atoms with Gasteiger partial charge in [0.1, 0.15) is 11.6 Å². The van der Waals surface area contributed by atoms with E-state index in [4.69, 9.17) is 4.74 Å². The zero-order chi connectivity index (χ0) is 14.0. The Morgan fingerprint density at radius 2 is 1.84 bits per heavy atom. The first-order chi connectivity index (χ1) is 9.02. The summed E-state index contributed by atoms with van der Waals surface area (Å²) >= 11 is 0. The molecule has 0 aliphatic carbocycles. The van der Waals surface area contributed by atoms with Gasteiger partial charge in [-0.2, -0.15) is 0 Å². The molecule has 100 valence electrons. The van der Waals surface area contributed by atoms with Crippen LogP contribution in [-0.2, 0) is 0 Å². The van der Waals surface area contributed by atoms with Crippen LogP contribution in [0.3, 0.4) is 0 Å². The molecule has 1 N–H and O–H groups in total. The number of benzene rings is 1. The summed E-state index contributed by atoms with van der Waals surface area (Å²) in [6.07, 6.45) is 0. The van der Waals surface area contributed by atoms with Crippen molar-refractivity contribution < 1.29 is 13.9 Å². The zero-order valence-corrected chi connectivity index (χ0v) is 11.0. The third-order valence-corrected chi connectivity index (χ3v) is 2.91. The van der Waals surface area contributed by atoms with E-state index in [2.05, 4.69) is 5.43 Å². The highest BCUT2D eigenvalue weighted by Gasteiger charge is 2.14. The van der Waals surface area contributed by atoms with E-state index in [9.17, 15) is 9.18 Å². The number of halogens is 1. The number of carbonyl (C=O) groups is 1. The molecule has 1 aromatic heterocycles. The van der Waals surface area contributed by atoms with E-state index in [0.29, 0.717) is 5.75 Å². The number of aromatic nitrogens is 1. The minimum atomic E-state index is -0.612. The number of hydrogen-bond donors (Lipinski definition) is 1. The van der Waals surface area contributed by atoms with Crippen LogP contribution >= 0.6 is 0 Å². The lowest BCUT2D eigenvalue weighted by Gasteiger charge is -2.12. The van der Waals surface area contributed by atoms with Crippen molar-refractivity contribution in [2.45, 2.75) is 13.8 Å². The summed E-state index contributed by atoms with van der Waals surface area (Å²) in [5, 5.41) is 0. The summed E-state index contributed by atoms with van der Waals surface area (Å²) in [7, 11) is 1.45. The Kier molecular flexibility index (Phi) is 3.55. The summed E-state index contributed by atoms with van der Waals surface area (Å²) in [5.74, 6) is -0.732. The minimum Gasteiger partial charge on any atom is -0.497 e. The smallest absolute Gasteiger partial charge is 0.273 e. The molecule has 5 heteroatoms. The Morgan fingerprint density at radius 3 is 2.37 bits per heavy atom. The van der Waals surface area contributed by atoms with E-state index in [0.717, 1.165) is 11.4 Å². The van der Waals surface area contributed by atoms with Crippen molar-refractivity contribution in [1.82, 2.24) is 4.68 Å². The molecule has 0 radical (unpaired) electrons. The summed E-state index contributed by atoms with van der Waals surface area (Å²) < 4.78 is 20.3. The second kappa shape index (κ2) is 5.14. The second-order valence-electron chi connectivity index (χ2n) is 4.24. The SMILES string of the molecule is COc1ccc(C(=O)Nn2c(C)ccc2C)c(F)c1. The number of amides is 1. The highest BCUT2D eigenvalue weighted by Crippen LogP contribution is 2.16. The Labute approximate surface area is 110 Å². The highest BCUT2D eigenvalue weighted by molar-refractivity contribution is 6.00. The fourth-order valence-electron chi connectivity index (χ4n) is 1.81. The maximum absolute atomic E-state index is 13.8. The number of ether oxygens (including phenoxy) is 1. The normalized spacial score (nSPS) is 10.3. The lowest BCUT2D eigenvalue weighted by molar-refractivity contribution is 0.100. The van der Waals surface area contributed by atoms with E-state index >= 15 is 0 Å². The van der Waals surface area contributed by atoms with Crippen LogP contribution in [0.2, 0.25) is 0 Å². The fraction of sp³-hybridized carbons (Fsp3) is 0.214. The van der Waals surface area contributed by atoms with Crippen molar-refractivity contribution in [3.63, 3.8) is 0 Å². The van der Waals surface area contributed by atoms with E-state index in [-0.39, 0.29) is 5.56 Å². The molecule has 1 amide bonds. The number of nitrogens with zero attached hydrogens (tertiary/aromatic N) is 1. The van der Waals surface area contributed by atoms with Crippen molar-refractivity contribution in [1.29, 1.82) is 0 Å². The van der Waals surface area contributed by atoms with Crippen LogP contribution in [0.4, 0.5) is 4.39 Å². The van der Waals surface area contributed by atoms with E-state index in [1.807, 2.05) is 26.0 Å². The van der Waals surface area contributed by atoms with Gasteiger partial charge in [0, 0.05) is 17.5 Å². The molecule has 0 unspecified atom stereocenters. The summed E-state index contributed by atoms with van der Waals surface area (Å²) in [6, 6.07) is 7.88. The molecule has 0 atom stereocenters. The monoisotopic (exact) mass is 262 g/mol. The first-order valence-electron chi connectivity index (χ1n) is 5.83. The molecule has 2 aromatic rings. The second-order valence-corrected chi connectivity index (χ2v) is 4.24. The van der Waals surface area contributed by atoms with Gasteiger partial charge in [-0.1, -0.05) is 0 Å². The summed E-state index contributed by atoms with van der Waals surface area (Å²) in [6.45, 7) is 3.72. The van der Waals surface area contributed by atoms with Crippen LogP contribution in [0.5, 0.6) is 5.75 Å². The molecule has 2 rings (SSSR count). The van der Waals surface area contributed by atoms with Gasteiger partial charge in [0.05, 0.1) is 12.7 Å². The molecule has 0 aliphatic rings. The fourth-order valence-corrected chi connectivity index (χ4v) is 1.81. The number of aryl methyl sites for hydroxylation is 2. The number of rotatable bonds is 3. The van der Waals surface area contributed by atoms with Gasteiger partial charge in [0.15, 0.2) is 0 Å². The van der Waals surface area contributed by atoms with Crippen LogP contribution in [0.25, 0.3) is 0 Å². The lowest BCUT2D eigenvalue weighted by atomic mass is 10.2. The number of methoxy groups -OCH3 is 1. The molecule has 1 aromatic carbocycles. The Bertz CT molecular complexity index is 600. The molecule has 19 heavy (non-hydrogen) atoms. The van der Waals surface area contributed by atoms with Crippen LogP contribution in [0.1, 0.15) is 21.7 Å². The third-order valence-electron chi connectivity index (χ3n) is 2.91. The topological polar surface area (TPSA) is 43.3 Å². The molecular weight excluding hydrogens is 247 g/mol. The quantitative estimate of drug-likeness (QED) is 0.924. The summed E-state index contributed by atoms with van der Waals surface area (Å²) in [4.78, 5) is 12.0. The van der Waals surface area contributed by atoms with E-state index in [1.54, 1.807) is 10.7 Å². The lowest BCUT2D eigenvalue weighted by Crippen LogP contribution is -2.25. The minimum absolute atomic E-state index is 0.0201. The van der Waals surface area contributed by atoms with Gasteiger partial charge in [-0.15, -0.1) is 0 Å². The summed E-state index contributed by atoms with van der Waals surface area (Å²) in [5.41, 5.74) is 4.38. The van der Waals surface area contributed by atoms with E-state index in [1.165, 1.54) is 19.2 Å². The van der Waals surface area contributed by atoms with Gasteiger partial charge in [-0.25, -0.2) is 4.39 Å². The number of carbonyl (C=O) groups excluding carboxylic acids is 1. The standard InChI is InChI=1S/C14H15FN2O2/c1-9-4-5-10(2)17(9)16-14(18)12-7-6-11(19-3)8-13(12)15/h4-8H,1-3H3,(H,16,18). The van der Waals surface area contributed by atoms with Gasteiger partial charge in [0.2, 0.25) is 0 Å². The zero-order valence-electron chi connectivity index (χ0n) is 11.0. The molecule has 1 heterocycles. The van der Waals surface area contributed by atoms with Gasteiger partial charge in [-0.05, 0) is 38.1 Å². The Morgan fingerprint density at radius 1 is 1.21 bits per heavy atom. The van der Waals surface area contributed by atoms with Crippen LogP contribution in [0.15, 0.2) is 30.3 Å². The van der Waals surface area contributed by atoms with Crippen molar-refractivity contribution in [2.75, 3.05) is 12.5 Å². The maximum atomic E-state index is 13.8. The number of hydrogen-bond acceptors (Lipinski definition) is 2. The number of nitrogens with one attached hydrogen (secondary N) is 1. The predicted molar refractivity (Wildman–Crippen MR) is 70.5 cm³/mol. The van der Waals surface area contributed by atoms with Gasteiger partial charge in [0.25, 0.3) is 5.91 Å². The molecular formula is C14H15FN2O2. The van der Waals surface area contributed by atoms with Gasteiger partial charge >= 0.3 is 0 Å². The Balaban J connectivity index is 2.26. The van der Waals surface area contributed by atoms with E-state index < -0.39 is 11.7 Å². The van der Waals surface area contributed by atoms with Crippen molar-refractivity contribution in [3.8, 4) is 5.75 Å². The van der Waals surface area contributed by atoms with Crippen molar-refractivity contribution >= 4 is 5.91 Å². The molecule has 0 fully saturated rings. The largest absolute Gasteiger partial charge is 0.497 e. The molecule has 0 saturated carbocycles. The molecule has 4 nitrogen and oxygen atoms in total. The van der Waals surface area contributed by atoms with Gasteiger partial charge < -0.3 is 4.74 Å². The third kappa shape index (κ3) is 2.59. The highest BCUT2D eigenvalue weighted by atomic mass is 19.1. The van der Waals surface area contributed by atoms with Crippen LogP contribution < -0.4 is 10.2 Å². The van der Waals surface area contributed by atoms with Crippen molar-refractivity contribution in [2.24, 2.45) is 0 Å². The first kappa shape index (κ1) is 13.1. The Hall–Kier alpha value is -2.30. The molecule has 0 bridgehead atoms. The van der Waals surface area contributed by atoms with Crippen LogP contribution in [-0.4, -0.2) is 17.7 Å². The van der Waals surface area contributed by atoms with Crippen LogP contribution in [0, 0.1) is 19.7 Å². The molecule has 0 spiro atoms. The van der Waals surface area contributed by atoms with Gasteiger partial charge in [-0.3, -0.25) is 14.9 Å². The molecule has 0 aliphatic heterocycles.